The van der Waals surface area contributed by atoms with Crippen LogP contribution >= 0.6 is 11.8 Å². The third-order valence-electron chi connectivity index (χ3n) is 3.23. The number of ether oxygens (including phenoxy) is 1. The molecule has 0 radical (unpaired) electrons. The lowest BCUT2D eigenvalue weighted by Gasteiger charge is -2.20. The highest BCUT2D eigenvalue weighted by Crippen LogP contribution is 2.17. The molecule has 1 fully saturated rings. The second kappa shape index (κ2) is 10.1. The van der Waals surface area contributed by atoms with Gasteiger partial charge in [0.1, 0.15) is 0 Å². The molecule has 1 aliphatic carbocycles. The van der Waals surface area contributed by atoms with Crippen LogP contribution in [0.4, 0.5) is 0 Å². The van der Waals surface area contributed by atoms with Crippen molar-refractivity contribution in [3.05, 3.63) is 0 Å². The van der Waals surface area contributed by atoms with Crippen molar-refractivity contribution in [2.45, 2.75) is 57.9 Å². The molecule has 110 valence electrons. The zero-order valence-corrected chi connectivity index (χ0v) is 12.6. The molecule has 0 aliphatic heterocycles. The van der Waals surface area contributed by atoms with Crippen molar-refractivity contribution in [3.63, 3.8) is 0 Å². The molecule has 0 heterocycles. The number of carbonyl (C=O) groups excluding carboxylic acids is 2. The van der Waals surface area contributed by atoms with Crippen LogP contribution in [-0.2, 0) is 14.3 Å². The van der Waals surface area contributed by atoms with Gasteiger partial charge in [-0.3, -0.25) is 9.59 Å². The summed E-state index contributed by atoms with van der Waals surface area (Å²) in [6.45, 7) is 2.18. The minimum Gasteiger partial charge on any atom is -0.465 e. The van der Waals surface area contributed by atoms with Gasteiger partial charge in [-0.1, -0.05) is 32.1 Å². The summed E-state index contributed by atoms with van der Waals surface area (Å²) in [5, 5.41) is 3.08. The second-order valence-corrected chi connectivity index (χ2v) is 5.89. The summed E-state index contributed by atoms with van der Waals surface area (Å²) < 4.78 is 4.81. The second-order valence-electron chi connectivity index (χ2n) is 4.91. The molecule has 4 nitrogen and oxygen atoms in total. The first-order chi connectivity index (χ1) is 9.22. The molecule has 0 unspecified atom stereocenters. The molecule has 1 saturated carbocycles. The number of hydrogen-bond donors (Lipinski definition) is 1. The van der Waals surface area contributed by atoms with Gasteiger partial charge < -0.3 is 10.1 Å². The largest absolute Gasteiger partial charge is 0.465 e. The predicted molar refractivity (Wildman–Crippen MR) is 78.2 cm³/mol. The number of rotatable bonds is 6. The Kier molecular flexibility index (Phi) is 8.71. The maximum atomic E-state index is 11.8. The van der Waals surface area contributed by atoms with Gasteiger partial charge in [-0.25, -0.2) is 0 Å². The third kappa shape index (κ3) is 8.14. The van der Waals surface area contributed by atoms with Crippen LogP contribution in [0.5, 0.6) is 0 Å². The molecule has 5 heteroatoms. The van der Waals surface area contributed by atoms with Gasteiger partial charge in [0.25, 0.3) is 0 Å². The first-order valence-electron chi connectivity index (χ1n) is 7.25. The van der Waals surface area contributed by atoms with Crippen LogP contribution in [0.1, 0.15) is 51.9 Å². The van der Waals surface area contributed by atoms with Gasteiger partial charge in [-0.15, -0.1) is 11.8 Å². The number of amides is 1. The smallest absolute Gasteiger partial charge is 0.315 e. The average Bonchev–Trinajstić information content (AvgIpc) is 2.33. The highest BCUT2D eigenvalue weighted by Gasteiger charge is 2.14. The Hall–Kier alpha value is -0.710. The van der Waals surface area contributed by atoms with Gasteiger partial charge in [0, 0.05) is 6.04 Å². The van der Waals surface area contributed by atoms with Crippen molar-refractivity contribution in [1.82, 2.24) is 5.32 Å². The van der Waals surface area contributed by atoms with Gasteiger partial charge in [-0.2, -0.15) is 0 Å². The minimum atomic E-state index is -0.244. The summed E-state index contributed by atoms with van der Waals surface area (Å²) in [5.74, 6) is 0.396. The maximum absolute atomic E-state index is 11.8. The van der Waals surface area contributed by atoms with Crippen LogP contribution in [0, 0.1) is 0 Å². The summed E-state index contributed by atoms with van der Waals surface area (Å²) in [5.41, 5.74) is 0. The maximum Gasteiger partial charge on any atom is 0.315 e. The van der Waals surface area contributed by atoms with Crippen molar-refractivity contribution in [2.75, 3.05) is 18.1 Å². The van der Waals surface area contributed by atoms with E-state index in [0.717, 1.165) is 12.8 Å². The fourth-order valence-electron chi connectivity index (χ4n) is 2.30. The fourth-order valence-corrected chi connectivity index (χ4v) is 2.92. The number of esters is 1. The van der Waals surface area contributed by atoms with E-state index in [9.17, 15) is 9.59 Å². The molecule has 1 N–H and O–H groups in total. The molecule has 1 aliphatic rings. The van der Waals surface area contributed by atoms with Crippen molar-refractivity contribution in [3.8, 4) is 0 Å². The Bertz CT molecular complexity index is 276. The fraction of sp³-hybridized carbons (Fsp3) is 0.857. The normalized spacial score (nSPS) is 17.3. The Morgan fingerprint density at radius 2 is 1.74 bits per heavy atom. The van der Waals surface area contributed by atoms with E-state index in [1.54, 1.807) is 6.92 Å². The summed E-state index contributed by atoms with van der Waals surface area (Å²) >= 11 is 1.32. The van der Waals surface area contributed by atoms with Crippen LogP contribution in [0.2, 0.25) is 0 Å². The van der Waals surface area contributed by atoms with E-state index < -0.39 is 0 Å². The lowest BCUT2D eigenvalue weighted by molar-refractivity contribution is -0.139. The standard InChI is InChI=1S/C14H25NO3S/c1-2-18-14(17)11-19-10-13(16)15-12-8-6-4-3-5-7-9-12/h12H,2-11H2,1H3,(H,15,16). The van der Waals surface area contributed by atoms with Crippen LogP contribution in [0.15, 0.2) is 0 Å². The zero-order valence-electron chi connectivity index (χ0n) is 11.8. The van der Waals surface area contributed by atoms with Crippen LogP contribution < -0.4 is 5.32 Å². The predicted octanol–water partition coefficient (Wildman–Crippen LogP) is 2.51. The molecular weight excluding hydrogens is 262 g/mol. The lowest BCUT2D eigenvalue weighted by Crippen LogP contribution is -2.36. The Balaban J connectivity index is 2.13. The highest BCUT2D eigenvalue weighted by atomic mass is 32.2. The molecule has 0 spiro atoms. The van der Waals surface area contributed by atoms with Crippen molar-refractivity contribution < 1.29 is 14.3 Å². The number of carbonyl (C=O) groups is 2. The van der Waals surface area contributed by atoms with E-state index in [0.29, 0.717) is 18.4 Å². The SMILES string of the molecule is CCOC(=O)CSCC(=O)NC1CCCCCCC1. The summed E-state index contributed by atoms with van der Waals surface area (Å²) in [6.07, 6.45) is 8.49. The first-order valence-corrected chi connectivity index (χ1v) is 8.40. The lowest BCUT2D eigenvalue weighted by atomic mass is 9.97. The summed E-state index contributed by atoms with van der Waals surface area (Å²) in [4.78, 5) is 22.9. The van der Waals surface area contributed by atoms with E-state index in [1.807, 2.05) is 0 Å². The van der Waals surface area contributed by atoms with Gasteiger partial charge in [-0.05, 0) is 19.8 Å². The quantitative estimate of drug-likeness (QED) is 0.763. The van der Waals surface area contributed by atoms with Crippen molar-refractivity contribution >= 4 is 23.6 Å². The van der Waals surface area contributed by atoms with E-state index in [2.05, 4.69) is 5.32 Å². The van der Waals surface area contributed by atoms with E-state index >= 15 is 0 Å². The topological polar surface area (TPSA) is 55.4 Å². The molecule has 0 atom stereocenters. The minimum absolute atomic E-state index is 0.0415. The Morgan fingerprint density at radius 3 is 2.37 bits per heavy atom. The number of hydrogen-bond acceptors (Lipinski definition) is 4. The molecular formula is C14H25NO3S. The van der Waals surface area contributed by atoms with Crippen LogP contribution in [0.3, 0.4) is 0 Å². The monoisotopic (exact) mass is 287 g/mol. The van der Waals surface area contributed by atoms with Crippen LogP contribution in [0.25, 0.3) is 0 Å². The average molecular weight is 287 g/mol. The molecule has 0 aromatic carbocycles. The molecule has 1 rings (SSSR count). The third-order valence-corrected chi connectivity index (χ3v) is 4.13. The van der Waals surface area contributed by atoms with Gasteiger partial charge in [0.05, 0.1) is 18.1 Å². The Labute approximate surface area is 120 Å². The molecule has 0 bridgehead atoms. The molecule has 0 aromatic rings. The number of nitrogens with one attached hydrogen (secondary N) is 1. The van der Waals surface area contributed by atoms with Gasteiger partial charge >= 0.3 is 5.97 Å². The molecule has 1 amide bonds. The molecule has 0 saturated heterocycles. The van der Waals surface area contributed by atoms with Gasteiger partial charge in [0.2, 0.25) is 5.91 Å². The van der Waals surface area contributed by atoms with E-state index in [4.69, 9.17) is 4.74 Å². The van der Waals surface area contributed by atoms with E-state index in [-0.39, 0.29) is 17.6 Å². The summed E-state index contributed by atoms with van der Waals surface area (Å²) in [6, 6.07) is 0.330. The number of thioether (sulfide) groups is 1. The van der Waals surface area contributed by atoms with Crippen LogP contribution in [-0.4, -0.2) is 36.0 Å². The van der Waals surface area contributed by atoms with Crippen molar-refractivity contribution in [1.29, 1.82) is 0 Å². The zero-order chi connectivity index (χ0) is 13.9. The first kappa shape index (κ1) is 16.3. The highest BCUT2D eigenvalue weighted by molar-refractivity contribution is 8.00. The van der Waals surface area contributed by atoms with Gasteiger partial charge in [0.15, 0.2) is 0 Å². The van der Waals surface area contributed by atoms with E-state index in [1.165, 1.54) is 43.9 Å². The summed E-state index contributed by atoms with van der Waals surface area (Å²) in [7, 11) is 0. The molecule has 0 aromatic heterocycles. The molecule has 19 heavy (non-hydrogen) atoms. The van der Waals surface area contributed by atoms with Crippen molar-refractivity contribution in [2.24, 2.45) is 0 Å². The Morgan fingerprint density at radius 1 is 1.11 bits per heavy atom.